The van der Waals surface area contributed by atoms with Crippen molar-refractivity contribution < 1.29 is 23.9 Å². The highest BCUT2D eigenvalue weighted by Gasteiger charge is 2.16. The zero-order valence-corrected chi connectivity index (χ0v) is 18.8. The molecule has 1 N–H and O–H groups in total. The molecule has 2 aromatic carbocycles. The van der Waals surface area contributed by atoms with E-state index in [1.54, 1.807) is 6.08 Å². The van der Waals surface area contributed by atoms with Gasteiger partial charge >= 0.3 is 12.1 Å². The fourth-order valence-electron chi connectivity index (χ4n) is 3.22. The van der Waals surface area contributed by atoms with Gasteiger partial charge in [-0.1, -0.05) is 68.0 Å². The number of carbonyl (C=O) groups excluding carboxylic acids is 2. The number of benzene rings is 2. The number of hydroxylamine groups is 1. The molecule has 166 valence electrons. The van der Waals surface area contributed by atoms with E-state index in [0.717, 1.165) is 22.3 Å². The molecule has 6 heteroatoms. The predicted molar refractivity (Wildman–Crippen MR) is 120 cm³/mol. The largest absolute Gasteiger partial charge is 0.443 e. The second kappa shape index (κ2) is 11.9. The third-order valence-electron chi connectivity index (χ3n) is 4.69. The lowest BCUT2D eigenvalue weighted by Crippen LogP contribution is -2.28. The second-order valence-electron chi connectivity index (χ2n) is 7.80. The first kappa shape index (κ1) is 24.2. The van der Waals surface area contributed by atoms with Crippen molar-refractivity contribution >= 4 is 12.1 Å². The van der Waals surface area contributed by atoms with Crippen molar-refractivity contribution in [3.05, 3.63) is 82.4 Å². The fraction of sp³-hybridized carbons (Fsp3) is 0.360. The van der Waals surface area contributed by atoms with Gasteiger partial charge in [0.05, 0.1) is 18.3 Å². The Balaban J connectivity index is 1.77. The SMILES string of the molecule is Cc1cc(C)c(C(=O)ONC(=O)OC/C=C/C(OCc2ccccc2)C(C)C)c(C)c1. The maximum atomic E-state index is 12.3. The molecule has 1 amide bonds. The van der Waals surface area contributed by atoms with Crippen LogP contribution in [-0.2, 0) is 20.9 Å². The molecule has 0 spiro atoms. The Morgan fingerprint density at radius 1 is 1.03 bits per heavy atom. The highest BCUT2D eigenvalue weighted by molar-refractivity contribution is 5.93. The molecule has 0 saturated heterocycles. The minimum absolute atomic E-state index is 0.0316. The highest BCUT2D eigenvalue weighted by atomic mass is 16.7. The van der Waals surface area contributed by atoms with Crippen molar-refractivity contribution in [2.24, 2.45) is 5.92 Å². The number of rotatable bonds is 8. The average Bonchev–Trinajstić information content (AvgIpc) is 2.71. The quantitative estimate of drug-likeness (QED) is 0.464. The maximum absolute atomic E-state index is 12.3. The second-order valence-corrected chi connectivity index (χ2v) is 7.80. The Hall–Kier alpha value is -3.12. The molecule has 31 heavy (non-hydrogen) atoms. The van der Waals surface area contributed by atoms with Crippen LogP contribution in [0.4, 0.5) is 4.79 Å². The van der Waals surface area contributed by atoms with Gasteiger partial charge in [0.1, 0.15) is 6.61 Å². The number of amides is 1. The van der Waals surface area contributed by atoms with Crippen molar-refractivity contribution in [1.82, 2.24) is 5.48 Å². The predicted octanol–water partition coefficient (Wildman–Crippen LogP) is 5.21. The van der Waals surface area contributed by atoms with Crippen LogP contribution in [0.1, 0.15) is 46.5 Å². The monoisotopic (exact) mass is 425 g/mol. The molecular formula is C25H31NO5. The van der Waals surface area contributed by atoms with Gasteiger partial charge in [-0.15, -0.1) is 5.48 Å². The molecule has 2 aromatic rings. The van der Waals surface area contributed by atoms with Crippen molar-refractivity contribution in [3.8, 4) is 0 Å². The summed E-state index contributed by atoms with van der Waals surface area (Å²) in [6, 6.07) is 13.7. The number of hydrogen-bond acceptors (Lipinski definition) is 5. The van der Waals surface area contributed by atoms with Gasteiger partial charge in [-0.05, 0) is 49.5 Å². The number of aryl methyl sites for hydroxylation is 3. The average molecular weight is 426 g/mol. The van der Waals surface area contributed by atoms with E-state index >= 15 is 0 Å². The smallest absolute Gasteiger partial charge is 0.441 e. The van der Waals surface area contributed by atoms with Crippen LogP contribution in [0, 0.1) is 26.7 Å². The van der Waals surface area contributed by atoms with E-state index in [-0.39, 0.29) is 18.6 Å². The van der Waals surface area contributed by atoms with Crippen LogP contribution in [0.2, 0.25) is 0 Å². The first-order valence-corrected chi connectivity index (χ1v) is 10.3. The maximum Gasteiger partial charge on any atom is 0.441 e. The Morgan fingerprint density at radius 2 is 1.68 bits per heavy atom. The standard InChI is InChI=1S/C25H31NO5/c1-17(2)22(30-16-21-10-7-6-8-11-21)12-9-13-29-25(28)26-31-24(27)23-19(4)14-18(3)15-20(23)5/h6-12,14-15,17,22H,13,16H2,1-5H3,(H,26,28)/b12-9+. The van der Waals surface area contributed by atoms with Crippen LogP contribution >= 0.6 is 0 Å². The number of hydrogen-bond donors (Lipinski definition) is 1. The molecular weight excluding hydrogens is 394 g/mol. The zero-order valence-electron chi connectivity index (χ0n) is 18.8. The van der Waals surface area contributed by atoms with Gasteiger partial charge < -0.3 is 14.3 Å². The molecule has 0 aromatic heterocycles. The number of carbonyl (C=O) groups is 2. The van der Waals surface area contributed by atoms with Gasteiger partial charge in [0.15, 0.2) is 0 Å². The molecule has 0 bridgehead atoms. The minimum Gasteiger partial charge on any atom is -0.443 e. The van der Waals surface area contributed by atoms with Gasteiger partial charge in [-0.2, -0.15) is 0 Å². The van der Waals surface area contributed by atoms with E-state index in [1.807, 2.05) is 74.8 Å². The van der Waals surface area contributed by atoms with Crippen LogP contribution in [0.25, 0.3) is 0 Å². The Morgan fingerprint density at radius 3 is 2.29 bits per heavy atom. The van der Waals surface area contributed by atoms with E-state index < -0.39 is 12.1 Å². The van der Waals surface area contributed by atoms with Crippen LogP contribution < -0.4 is 5.48 Å². The molecule has 0 aliphatic rings. The summed E-state index contributed by atoms with van der Waals surface area (Å²) >= 11 is 0. The third kappa shape index (κ3) is 7.90. The van der Waals surface area contributed by atoms with Gasteiger partial charge in [-0.3, -0.25) is 0 Å². The molecule has 0 aliphatic heterocycles. The zero-order chi connectivity index (χ0) is 22.8. The Bertz CT molecular complexity index is 882. The third-order valence-corrected chi connectivity index (χ3v) is 4.69. The van der Waals surface area contributed by atoms with E-state index in [2.05, 4.69) is 13.8 Å². The summed E-state index contributed by atoms with van der Waals surface area (Å²) in [6.45, 7) is 10.3. The summed E-state index contributed by atoms with van der Waals surface area (Å²) in [5.41, 5.74) is 6.19. The van der Waals surface area contributed by atoms with Crippen LogP contribution in [0.3, 0.4) is 0 Å². The fourth-order valence-corrected chi connectivity index (χ4v) is 3.22. The van der Waals surface area contributed by atoms with Gasteiger partial charge in [-0.25, -0.2) is 9.59 Å². The van der Waals surface area contributed by atoms with E-state index in [0.29, 0.717) is 12.2 Å². The lowest BCUT2D eigenvalue weighted by Gasteiger charge is -2.18. The van der Waals surface area contributed by atoms with Crippen LogP contribution in [0.5, 0.6) is 0 Å². The van der Waals surface area contributed by atoms with Crippen LogP contribution in [-0.4, -0.2) is 24.8 Å². The summed E-state index contributed by atoms with van der Waals surface area (Å²) < 4.78 is 11.0. The van der Waals surface area contributed by atoms with Gasteiger partial charge in [0, 0.05) is 0 Å². The normalized spacial score (nSPS) is 12.1. The first-order chi connectivity index (χ1) is 14.8. The molecule has 2 rings (SSSR count). The number of nitrogens with one attached hydrogen (secondary N) is 1. The van der Waals surface area contributed by atoms with E-state index in [1.165, 1.54) is 0 Å². The summed E-state index contributed by atoms with van der Waals surface area (Å²) in [5.74, 6) is -0.368. The van der Waals surface area contributed by atoms with Crippen LogP contribution in [0.15, 0.2) is 54.6 Å². The lowest BCUT2D eigenvalue weighted by atomic mass is 10.0. The topological polar surface area (TPSA) is 73.9 Å². The molecule has 0 fully saturated rings. The molecule has 0 saturated carbocycles. The lowest BCUT2D eigenvalue weighted by molar-refractivity contribution is 0.0219. The van der Waals surface area contributed by atoms with Gasteiger partial charge in [0.25, 0.3) is 0 Å². The Labute approximate surface area is 184 Å². The van der Waals surface area contributed by atoms with Crippen molar-refractivity contribution in [1.29, 1.82) is 0 Å². The molecule has 0 radical (unpaired) electrons. The molecule has 6 nitrogen and oxygen atoms in total. The first-order valence-electron chi connectivity index (χ1n) is 10.3. The molecule has 1 unspecified atom stereocenters. The van der Waals surface area contributed by atoms with E-state index in [4.69, 9.17) is 14.3 Å². The molecule has 0 aliphatic carbocycles. The van der Waals surface area contributed by atoms with E-state index in [9.17, 15) is 9.59 Å². The molecule has 0 heterocycles. The summed E-state index contributed by atoms with van der Waals surface area (Å²) in [5, 5.41) is 0. The summed E-state index contributed by atoms with van der Waals surface area (Å²) in [4.78, 5) is 29.0. The molecule has 1 atom stereocenters. The summed E-state index contributed by atoms with van der Waals surface area (Å²) in [7, 11) is 0. The van der Waals surface area contributed by atoms with Crippen molar-refractivity contribution in [3.63, 3.8) is 0 Å². The van der Waals surface area contributed by atoms with Gasteiger partial charge in [0.2, 0.25) is 0 Å². The summed E-state index contributed by atoms with van der Waals surface area (Å²) in [6.07, 6.45) is 2.63. The van der Waals surface area contributed by atoms with Crippen molar-refractivity contribution in [2.75, 3.05) is 6.61 Å². The van der Waals surface area contributed by atoms with Crippen molar-refractivity contribution in [2.45, 2.75) is 47.3 Å². The minimum atomic E-state index is -0.841. The number of ether oxygens (including phenoxy) is 2. The Kier molecular flexibility index (Phi) is 9.28. The highest BCUT2D eigenvalue weighted by Crippen LogP contribution is 2.17.